The van der Waals surface area contributed by atoms with Gasteiger partial charge in [-0.25, -0.2) is 0 Å². The maximum Gasteiger partial charge on any atom is 0.258 e. The SMILES string of the molecule is CC(C)C[C@H](NC(=O)c1cn(C)c(=O)c2ccccc12)c1nnc2ccccn12. The molecule has 4 aromatic rings. The topological polar surface area (TPSA) is 81.3 Å². The second-order valence-corrected chi connectivity index (χ2v) is 7.65. The van der Waals surface area contributed by atoms with Crippen LogP contribution in [0.4, 0.5) is 0 Å². The first-order chi connectivity index (χ1) is 14.0. The number of carbonyl (C=O) groups excluding carboxylic acids is 1. The maximum absolute atomic E-state index is 13.3. The van der Waals surface area contributed by atoms with E-state index in [1.165, 1.54) is 4.57 Å². The van der Waals surface area contributed by atoms with E-state index in [2.05, 4.69) is 29.4 Å². The Hall–Kier alpha value is -3.48. The Bertz CT molecular complexity index is 1260. The molecule has 3 aromatic heterocycles. The van der Waals surface area contributed by atoms with Gasteiger partial charge in [-0.1, -0.05) is 38.1 Å². The molecule has 0 saturated carbocycles. The predicted octanol–water partition coefficient (Wildman–Crippen LogP) is 3.10. The van der Waals surface area contributed by atoms with E-state index < -0.39 is 0 Å². The Balaban J connectivity index is 1.76. The third kappa shape index (κ3) is 3.51. The maximum atomic E-state index is 13.3. The summed E-state index contributed by atoms with van der Waals surface area (Å²) in [4.78, 5) is 25.7. The lowest BCUT2D eigenvalue weighted by atomic mass is 10.0. The fourth-order valence-corrected chi connectivity index (χ4v) is 3.63. The summed E-state index contributed by atoms with van der Waals surface area (Å²) in [5, 5.41) is 12.8. The number of carbonyl (C=O) groups is 1. The summed E-state index contributed by atoms with van der Waals surface area (Å²) in [6.45, 7) is 4.20. The molecule has 1 atom stereocenters. The highest BCUT2D eigenvalue weighted by atomic mass is 16.2. The zero-order valence-electron chi connectivity index (χ0n) is 16.7. The number of amides is 1. The van der Waals surface area contributed by atoms with E-state index >= 15 is 0 Å². The van der Waals surface area contributed by atoms with Crippen molar-refractivity contribution in [2.24, 2.45) is 13.0 Å². The average molecular weight is 389 g/mol. The highest BCUT2D eigenvalue weighted by molar-refractivity contribution is 6.06. The third-order valence-electron chi connectivity index (χ3n) is 5.00. The summed E-state index contributed by atoms with van der Waals surface area (Å²) in [5.74, 6) is 0.792. The molecule has 0 saturated heterocycles. The van der Waals surface area contributed by atoms with Crippen LogP contribution in [-0.2, 0) is 7.05 Å². The number of aromatic nitrogens is 4. The molecule has 1 N–H and O–H groups in total. The van der Waals surface area contributed by atoms with E-state index in [0.29, 0.717) is 34.5 Å². The van der Waals surface area contributed by atoms with E-state index in [1.54, 1.807) is 31.4 Å². The molecular formula is C22H23N5O2. The summed E-state index contributed by atoms with van der Waals surface area (Å²) < 4.78 is 3.34. The second-order valence-electron chi connectivity index (χ2n) is 7.65. The minimum Gasteiger partial charge on any atom is -0.342 e. The van der Waals surface area contributed by atoms with Crippen LogP contribution in [0.25, 0.3) is 16.4 Å². The molecule has 0 unspecified atom stereocenters. The molecule has 1 amide bonds. The Morgan fingerprint density at radius 1 is 1.07 bits per heavy atom. The number of benzene rings is 1. The van der Waals surface area contributed by atoms with E-state index in [1.807, 2.05) is 34.9 Å². The lowest BCUT2D eigenvalue weighted by Crippen LogP contribution is -2.32. The van der Waals surface area contributed by atoms with Crippen LogP contribution in [0.5, 0.6) is 0 Å². The molecule has 0 spiro atoms. The van der Waals surface area contributed by atoms with Gasteiger partial charge in [0.15, 0.2) is 11.5 Å². The van der Waals surface area contributed by atoms with Crippen LogP contribution in [0, 0.1) is 5.92 Å². The minimum absolute atomic E-state index is 0.126. The van der Waals surface area contributed by atoms with Gasteiger partial charge in [0.25, 0.3) is 11.5 Å². The number of nitrogens with zero attached hydrogens (tertiary/aromatic N) is 4. The van der Waals surface area contributed by atoms with Gasteiger partial charge in [0.05, 0.1) is 11.6 Å². The van der Waals surface area contributed by atoms with Crippen molar-refractivity contribution in [1.82, 2.24) is 24.5 Å². The van der Waals surface area contributed by atoms with Crippen molar-refractivity contribution in [3.63, 3.8) is 0 Å². The van der Waals surface area contributed by atoms with Crippen molar-refractivity contribution < 1.29 is 4.79 Å². The number of nitrogens with one attached hydrogen (secondary N) is 1. The van der Waals surface area contributed by atoms with Gasteiger partial charge in [0.2, 0.25) is 0 Å². The number of aryl methyl sites for hydroxylation is 1. The van der Waals surface area contributed by atoms with Crippen molar-refractivity contribution >= 4 is 22.3 Å². The first kappa shape index (κ1) is 18.9. The largest absolute Gasteiger partial charge is 0.342 e. The number of pyridine rings is 2. The van der Waals surface area contributed by atoms with Gasteiger partial charge in [-0.15, -0.1) is 10.2 Å². The van der Waals surface area contributed by atoms with Crippen LogP contribution in [-0.4, -0.2) is 25.1 Å². The summed E-state index contributed by atoms with van der Waals surface area (Å²) in [5.41, 5.74) is 1.07. The molecule has 0 fully saturated rings. The molecule has 0 aliphatic carbocycles. The summed E-state index contributed by atoms with van der Waals surface area (Å²) in [7, 11) is 1.66. The van der Waals surface area contributed by atoms with Crippen LogP contribution in [0.15, 0.2) is 59.7 Å². The molecule has 7 heteroatoms. The molecule has 4 rings (SSSR count). The number of hydrogen-bond donors (Lipinski definition) is 1. The molecule has 0 bridgehead atoms. The number of rotatable bonds is 5. The average Bonchev–Trinajstić information content (AvgIpc) is 3.14. The van der Waals surface area contributed by atoms with E-state index in [0.717, 1.165) is 5.65 Å². The van der Waals surface area contributed by atoms with Crippen molar-refractivity contribution in [2.75, 3.05) is 0 Å². The molecule has 0 radical (unpaired) electrons. The number of hydrogen-bond acceptors (Lipinski definition) is 4. The number of fused-ring (bicyclic) bond motifs is 2. The predicted molar refractivity (Wildman–Crippen MR) is 112 cm³/mol. The zero-order chi connectivity index (χ0) is 20.5. The summed E-state index contributed by atoms with van der Waals surface area (Å²) in [6, 6.07) is 12.6. The molecule has 3 heterocycles. The van der Waals surface area contributed by atoms with E-state index in [-0.39, 0.29) is 17.5 Å². The standard InChI is InChI=1S/C22H23N5O2/c1-14(2)12-18(20-25-24-19-10-6-7-11-27(19)20)23-21(28)17-13-26(3)22(29)16-9-5-4-8-15(16)17/h4-11,13-14,18H,12H2,1-3H3,(H,23,28)/t18-/m0/s1. The molecule has 1 aromatic carbocycles. The molecule has 29 heavy (non-hydrogen) atoms. The van der Waals surface area contributed by atoms with Crippen LogP contribution in [0.2, 0.25) is 0 Å². The van der Waals surface area contributed by atoms with Gasteiger partial charge in [-0.3, -0.25) is 14.0 Å². The lowest BCUT2D eigenvalue weighted by Gasteiger charge is -2.20. The molecular weight excluding hydrogens is 366 g/mol. The molecule has 7 nitrogen and oxygen atoms in total. The van der Waals surface area contributed by atoms with Crippen LogP contribution >= 0.6 is 0 Å². The minimum atomic E-state index is -0.309. The first-order valence-corrected chi connectivity index (χ1v) is 9.64. The monoisotopic (exact) mass is 389 g/mol. The first-order valence-electron chi connectivity index (χ1n) is 9.64. The van der Waals surface area contributed by atoms with Gasteiger partial charge >= 0.3 is 0 Å². The van der Waals surface area contributed by atoms with E-state index in [4.69, 9.17) is 0 Å². The Morgan fingerprint density at radius 2 is 1.79 bits per heavy atom. The van der Waals surface area contributed by atoms with Gasteiger partial charge in [0, 0.05) is 30.2 Å². The van der Waals surface area contributed by atoms with Crippen LogP contribution < -0.4 is 10.9 Å². The van der Waals surface area contributed by atoms with E-state index in [9.17, 15) is 9.59 Å². The Kier molecular flexibility index (Phi) is 4.88. The van der Waals surface area contributed by atoms with Crippen molar-refractivity contribution in [3.05, 3.63) is 76.6 Å². The molecule has 0 aliphatic rings. The third-order valence-corrected chi connectivity index (χ3v) is 5.00. The van der Waals surface area contributed by atoms with Crippen LogP contribution in [0.1, 0.15) is 42.5 Å². The zero-order valence-corrected chi connectivity index (χ0v) is 16.7. The fourth-order valence-electron chi connectivity index (χ4n) is 3.63. The highest BCUT2D eigenvalue weighted by Crippen LogP contribution is 2.22. The van der Waals surface area contributed by atoms with Gasteiger partial charge < -0.3 is 9.88 Å². The molecule has 148 valence electrons. The summed E-state index contributed by atoms with van der Waals surface area (Å²) in [6.07, 6.45) is 4.20. The second kappa shape index (κ2) is 7.50. The quantitative estimate of drug-likeness (QED) is 0.569. The summed E-state index contributed by atoms with van der Waals surface area (Å²) >= 11 is 0. The lowest BCUT2D eigenvalue weighted by molar-refractivity contribution is 0.0930. The van der Waals surface area contributed by atoms with Crippen molar-refractivity contribution in [2.45, 2.75) is 26.3 Å². The van der Waals surface area contributed by atoms with Gasteiger partial charge in [-0.05, 0) is 30.5 Å². The molecule has 0 aliphatic heterocycles. The Morgan fingerprint density at radius 3 is 2.55 bits per heavy atom. The smallest absolute Gasteiger partial charge is 0.258 e. The van der Waals surface area contributed by atoms with Gasteiger partial charge in [-0.2, -0.15) is 0 Å². The normalized spacial score (nSPS) is 12.6. The van der Waals surface area contributed by atoms with Gasteiger partial charge in [0.1, 0.15) is 0 Å². The highest BCUT2D eigenvalue weighted by Gasteiger charge is 2.23. The van der Waals surface area contributed by atoms with Crippen LogP contribution in [0.3, 0.4) is 0 Å². The van der Waals surface area contributed by atoms with Crippen molar-refractivity contribution in [3.8, 4) is 0 Å². The fraction of sp³-hybridized carbons (Fsp3) is 0.273. The van der Waals surface area contributed by atoms with Crippen molar-refractivity contribution in [1.29, 1.82) is 0 Å². The Labute approximate surface area is 168 Å².